The van der Waals surface area contributed by atoms with Crippen LogP contribution in [0.1, 0.15) is 34.7 Å². The monoisotopic (exact) mass is 494 g/mol. The van der Waals surface area contributed by atoms with Crippen LogP contribution < -0.4 is 16.4 Å². The van der Waals surface area contributed by atoms with Crippen LogP contribution in [-0.4, -0.2) is 27.1 Å². The standard InChI is InChI=1S/C24H19FN4O3S2/c25-18-9-5-4-8-16(18)21(31)28-27-19(30)13-34-24-26-22-20(17(12-33-22)14-10-11-14)23(32)29(24)15-6-2-1-3-7-15/h1-9,12,14H,10-11,13H2,(H,27,30)(H,28,31). The molecule has 10 heteroatoms. The van der Waals surface area contributed by atoms with Crippen LogP contribution in [0.3, 0.4) is 0 Å². The van der Waals surface area contributed by atoms with Gasteiger partial charge >= 0.3 is 0 Å². The number of thioether (sulfide) groups is 1. The molecule has 34 heavy (non-hydrogen) atoms. The van der Waals surface area contributed by atoms with Crippen molar-refractivity contribution in [2.24, 2.45) is 0 Å². The molecule has 1 saturated carbocycles. The lowest BCUT2D eigenvalue weighted by Crippen LogP contribution is -2.42. The number of nitrogens with zero attached hydrogens (tertiary/aromatic N) is 2. The molecule has 0 atom stereocenters. The summed E-state index contributed by atoms with van der Waals surface area (Å²) in [4.78, 5) is 43.4. The van der Waals surface area contributed by atoms with Crippen molar-refractivity contribution in [3.63, 3.8) is 0 Å². The Balaban J connectivity index is 1.37. The van der Waals surface area contributed by atoms with Crippen LogP contribution >= 0.6 is 23.1 Å². The number of carbonyl (C=O) groups is 2. The maximum Gasteiger partial charge on any atom is 0.272 e. The van der Waals surface area contributed by atoms with Crippen molar-refractivity contribution in [3.05, 3.63) is 87.3 Å². The van der Waals surface area contributed by atoms with Gasteiger partial charge in [-0.3, -0.25) is 29.8 Å². The maximum absolute atomic E-state index is 13.7. The number of halogens is 1. The molecule has 5 rings (SSSR count). The number of amides is 2. The molecule has 1 aliphatic carbocycles. The van der Waals surface area contributed by atoms with E-state index in [2.05, 4.69) is 10.9 Å². The lowest BCUT2D eigenvalue weighted by molar-refractivity contribution is -0.119. The quantitative estimate of drug-likeness (QED) is 0.240. The third-order valence-corrected chi connectivity index (χ3v) is 7.23. The number of hydrazine groups is 1. The fraction of sp³-hybridized carbons (Fsp3) is 0.167. The average Bonchev–Trinajstić information content (AvgIpc) is 3.61. The first-order valence-corrected chi connectivity index (χ1v) is 12.5. The van der Waals surface area contributed by atoms with Gasteiger partial charge in [0.25, 0.3) is 11.5 Å². The first kappa shape index (κ1) is 22.3. The predicted octanol–water partition coefficient (Wildman–Crippen LogP) is 4.02. The molecule has 0 unspecified atom stereocenters. The van der Waals surface area contributed by atoms with E-state index in [-0.39, 0.29) is 16.9 Å². The Morgan fingerprint density at radius 2 is 1.82 bits per heavy atom. The molecule has 2 amide bonds. The van der Waals surface area contributed by atoms with Crippen LogP contribution in [0.4, 0.5) is 4.39 Å². The topological polar surface area (TPSA) is 93.1 Å². The van der Waals surface area contributed by atoms with Gasteiger partial charge in [-0.25, -0.2) is 9.37 Å². The summed E-state index contributed by atoms with van der Waals surface area (Å²) in [6.07, 6.45) is 2.15. The van der Waals surface area contributed by atoms with Crippen LogP contribution in [0.25, 0.3) is 15.9 Å². The Labute approximate surface area is 202 Å². The van der Waals surface area contributed by atoms with Crippen molar-refractivity contribution < 1.29 is 14.0 Å². The van der Waals surface area contributed by atoms with Crippen LogP contribution in [0.5, 0.6) is 0 Å². The summed E-state index contributed by atoms with van der Waals surface area (Å²) >= 11 is 2.52. The van der Waals surface area contributed by atoms with Crippen LogP contribution in [0.2, 0.25) is 0 Å². The smallest absolute Gasteiger partial charge is 0.272 e. The molecule has 2 aromatic carbocycles. The minimum atomic E-state index is -0.761. The van der Waals surface area contributed by atoms with Gasteiger partial charge in [-0.2, -0.15) is 0 Å². The zero-order valence-corrected chi connectivity index (χ0v) is 19.4. The van der Waals surface area contributed by atoms with Gasteiger partial charge in [0.05, 0.1) is 22.4 Å². The zero-order chi connectivity index (χ0) is 23.7. The molecular formula is C24H19FN4O3S2. The normalized spacial score (nSPS) is 13.1. The molecule has 0 saturated heterocycles. The van der Waals surface area contributed by atoms with Crippen LogP contribution in [-0.2, 0) is 4.79 Å². The Hall–Kier alpha value is -3.50. The van der Waals surface area contributed by atoms with E-state index < -0.39 is 17.6 Å². The van der Waals surface area contributed by atoms with E-state index >= 15 is 0 Å². The molecule has 2 heterocycles. The molecule has 1 fully saturated rings. The van der Waals surface area contributed by atoms with E-state index in [1.54, 1.807) is 0 Å². The molecule has 2 aromatic heterocycles. The second-order valence-electron chi connectivity index (χ2n) is 7.79. The van der Waals surface area contributed by atoms with Crippen LogP contribution in [0.15, 0.2) is 69.9 Å². The van der Waals surface area contributed by atoms with E-state index in [0.717, 1.165) is 36.2 Å². The first-order chi connectivity index (χ1) is 16.5. The molecule has 172 valence electrons. The molecule has 1 aliphatic rings. The SMILES string of the molecule is O=C(CSc1nc2scc(C3CC3)c2c(=O)n1-c1ccccc1)NNC(=O)c1ccccc1F. The summed E-state index contributed by atoms with van der Waals surface area (Å²) < 4.78 is 15.3. The number of nitrogens with one attached hydrogen (secondary N) is 2. The third-order valence-electron chi connectivity index (χ3n) is 5.40. The number of thiophene rings is 1. The predicted molar refractivity (Wildman–Crippen MR) is 130 cm³/mol. The van der Waals surface area contributed by atoms with Crippen molar-refractivity contribution in [2.75, 3.05) is 5.75 Å². The molecule has 4 aromatic rings. The summed E-state index contributed by atoms with van der Waals surface area (Å²) in [5, 5.41) is 3.02. The number of fused-ring (bicyclic) bond motifs is 1. The number of aromatic nitrogens is 2. The number of carbonyl (C=O) groups excluding carboxylic acids is 2. The van der Waals surface area contributed by atoms with Gasteiger partial charge in [0, 0.05) is 0 Å². The Morgan fingerprint density at radius 3 is 2.56 bits per heavy atom. The number of benzene rings is 2. The van der Waals surface area contributed by atoms with Gasteiger partial charge < -0.3 is 0 Å². The summed E-state index contributed by atoms with van der Waals surface area (Å²) in [6, 6.07) is 14.6. The fourth-order valence-corrected chi connectivity index (χ4v) is 5.47. The molecule has 0 radical (unpaired) electrons. The van der Waals surface area contributed by atoms with Crippen molar-refractivity contribution in [2.45, 2.75) is 23.9 Å². The van der Waals surface area contributed by atoms with Gasteiger partial charge in [-0.1, -0.05) is 42.1 Å². The summed E-state index contributed by atoms with van der Waals surface area (Å²) in [5.74, 6) is -1.66. The zero-order valence-electron chi connectivity index (χ0n) is 17.8. The van der Waals surface area contributed by atoms with Crippen molar-refractivity contribution in [1.82, 2.24) is 20.4 Å². The lowest BCUT2D eigenvalue weighted by atomic mass is 10.1. The Morgan fingerprint density at radius 1 is 1.09 bits per heavy atom. The fourth-order valence-electron chi connectivity index (χ4n) is 3.59. The minimum absolute atomic E-state index is 0.108. The highest BCUT2D eigenvalue weighted by molar-refractivity contribution is 7.99. The molecular weight excluding hydrogens is 475 g/mol. The summed E-state index contributed by atoms with van der Waals surface area (Å²) in [6.45, 7) is 0. The summed E-state index contributed by atoms with van der Waals surface area (Å²) in [5.41, 5.74) is 5.86. The van der Waals surface area contributed by atoms with Gasteiger partial charge in [-0.15, -0.1) is 11.3 Å². The van der Waals surface area contributed by atoms with Crippen LogP contribution in [0, 0.1) is 5.82 Å². The molecule has 2 N–H and O–H groups in total. The highest BCUT2D eigenvalue weighted by Crippen LogP contribution is 2.44. The maximum atomic E-state index is 13.7. The van der Waals surface area contributed by atoms with Gasteiger partial charge in [0.1, 0.15) is 10.6 Å². The molecule has 7 nitrogen and oxygen atoms in total. The highest BCUT2D eigenvalue weighted by atomic mass is 32.2. The largest absolute Gasteiger partial charge is 0.272 e. The van der Waals surface area contributed by atoms with E-state index in [1.165, 1.54) is 34.1 Å². The molecule has 0 aliphatic heterocycles. The first-order valence-electron chi connectivity index (χ1n) is 10.6. The highest BCUT2D eigenvalue weighted by Gasteiger charge is 2.29. The number of para-hydroxylation sites is 1. The van der Waals surface area contributed by atoms with E-state index in [0.29, 0.717) is 27.0 Å². The van der Waals surface area contributed by atoms with Crippen molar-refractivity contribution in [1.29, 1.82) is 0 Å². The Bertz CT molecular complexity index is 1450. The van der Waals surface area contributed by atoms with E-state index in [4.69, 9.17) is 4.98 Å². The van der Waals surface area contributed by atoms with Crippen molar-refractivity contribution in [3.8, 4) is 5.69 Å². The third kappa shape index (κ3) is 4.46. The second-order valence-corrected chi connectivity index (χ2v) is 9.59. The Kier molecular flexibility index (Phi) is 6.16. The lowest BCUT2D eigenvalue weighted by Gasteiger charge is -2.13. The number of rotatable bonds is 6. The number of hydrogen-bond acceptors (Lipinski definition) is 6. The van der Waals surface area contributed by atoms with Gasteiger partial charge in [-0.05, 0) is 54.0 Å². The van der Waals surface area contributed by atoms with Crippen molar-refractivity contribution >= 4 is 45.1 Å². The minimum Gasteiger partial charge on any atom is -0.272 e. The summed E-state index contributed by atoms with van der Waals surface area (Å²) in [7, 11) is 0. The van der Waals surface area contributed by atoms with Gasteiger partial charge in [0.2, 0.25) is 5.91 Å². The number of hydrogen-bond donors (Lipinski definition) is 2. The molecule has 0 spiro atoms. The van der Waals surface area contributed by atoms with Gasteiger partial charge in [0.15, 0.2) is 5.16 Å². The van der Waals surface area contributed by atoms with E-state index in [9.17, 15) is 18.8 Å². The second kappa shape index (κ2) is 9.40. The van der Waals surface area contributed by atoms with E-state index in [1.807, 2.05) is 35.7 Å². The molecule has 0 bridgehead atoms. The average molecular weight is 495 g/mol.